The summed E-state index contributed by atoms with van der Waals surface area (Å²) in [5, 5.41) is 10.9. The number of nitrogens with one attached hydrogen (secondary N) is 2. The van der Waals surface area contributed by atoms with Gasteiger partial charge in [-0.25, -0.2) is 0 Å². The van der Waals surface area contributed by atoms with Crippen molar-refractivity contribution < 1.29 is 0 Å². The molecule has 1 aromatic heterocycles. The van der Waals surface area contributed by atoms with Crippen LogP contribution in [0.5, 0.6) is 0 Å². The first-order valence-corrected chi connectivity index (χ1v) is 9.90. The predicted octanol–water partition coefficient (Wildman–Crippen LogP) is 3.67. The maximum Gasteiger partial charge on any atom is 0.191 e. The van der Waals surface area contributed by atoms with Gasteiger partial charge in [-0.3, -0.25) is 9.67 Å². The number of rotatable bonds is 6. The molecule has 0 atom stereocenters. The minimum Gasteiger partial charge on any atom is -0.372 e. The second-order valence-corrected chi connectivity index (χ2v) is 7.29. The molecule has 1 saturated carbocycles. The fraction of sp³-hybridized carbons (Fsp3) is 0.524. The molecule has 1 fully saturated rings. The molecule has 6 nitrogen and oxygen atoms in total. The molecule has 1 aromatic carbocycles. The van der Waals surface area contributed by atoms with Crippen molar-refractivity contribution in [2.75, 3.05) is 19.0 Å². The lowest BCUT2D eigenvalue weighted by molar-refractivity contribution is 0.427. The number of halogens is 1. The van der Waals surface area contributed by atoms with Crippen molar-refractivity contribution in [1.82, 2.24) is 20.4 Å². The Labute approximate surface area is 185 Å². The number of aryl methyl sites for hydroxylation is 1. The molecule has 1 aliphatic carbocycles. The minimum absolute atomic E-state index is 0. The van der Waals surface area contributed by atoms with E-state index in [0.29, 0.717) is 12.6 Å². The van der Waals surface area contributed by atoms with E-state index in [1.165, 1.54) is 43.4 Å². The van der Waals surface area contributed by atoms with E-state index in [1.54, 1.807) is 13.2 Å². The monoisotopic (exact) mass is 496 g/mol. The first-order chi connectivity index (χ1) is 13.2. The van der Waals surface area contributed by atoms with Crippen LogP contribution < -0.4 is 15.5 Å². The lowest BCUT2D eigenvalue weighted by Gasteiger charge is -2.33. The van der Waals surface area contributed by atoms with Crippen molar-refractivity contribution in [2.24, 2.45) is 12.0 Å². The molecular weight excluding hydrogens is 463 g/mol. The number of aromatic nitrogens is 2. The zero-order valence-electron chi connectivity index (χ0n) is 17.2. The topological polar surface area (TPSA) is 57.5 Å². The van der Waals surface area contributed by atoms with Crippen molar-refractivity contribution in [3.05, 3.63) is 47.8 Å². The molecule has 7 heteroatoms. The Kier molecular flexibility index (Phi) is 9.08. The zero-order chi connectivity index (χ0) is 19.1. The van der Waals surface area contributed by atoms with Crippen LogP contribution in [0, 0.1) is 0 Å². The molecular formula is C21H33IN6. The number of aliphatic imine (C=N–C) groups is 1. The summed E-state index contributed by atoms with van der Waals surface area (Å²) in [5.41, 5.74) is 3.68. The van der Waals surface area contributed by atoms with Gasteiger partial charge in [0.15, 0.2) is 5.96 Å². The highest BCUT2D eigenvalue weighted by Crippen LogP contribution is 2.26. The fourth-order valence-electron chi connectivity index (χ4n) is 3.68. The average Bonchev–Trinajstić information content (AvgIpc) is 3.13. The van der Waals surface area contributed by atoms with Gasteiger partial charge in [0.25, 0.3) is 0 Å². The van der Waals surface area contributed by atoms with Gasteiger partial charge < -0.3 is 15.5 Å². The van der Waals surface area contributed by atoms with Crippen LogP contribution >= 0.6 is 24.0 Å². The predicted molar refractivity (Wildman–Crippen MR) is 127 cm³/mol. The Morgan fingerprint density at radius 1 is 1.11 bits per heavy atom. The molecule has 154 valence electrons. The normalized spacial score (nSPS) is 15.0. The number of benzene rings is 1. The van der Waals surface area contributed by atoms with Gasteiger partial charge in [0.1, 0.15) is 0 Å². The molecule has 3 rings (SSSR count). The quantitative estimate of drug-likeness (QED) is 0.364. The van der Waals surface area contributed by atoms with Crippen LogP contribution in [0.1, 0.15) is 43.4 Å². The lowest BCUT2D eigenvalue weighted by atomic mass is 9.94. The molecule has 1 aliphatic rings. The first kappa shape index (κ1) is 22.5. The summed E-state index contributed by atoms with van der Waals surface area (Å²) in [6.07, 6.45) is 8.56. The van der Waals surface area contributed by atoms with Crippen LogP contribution in [-0.4, -0.2) is 35.9 Å². The number of anilines is 1. The molecule has 0 radical (unpaired) electrons. The van der Waals surface area contributed by atoms with E-state index in [-0.39, 0.29) is 24.0 Å². The Morgan fingerprint density at radius 3 is 2.39 bits per heavy atom. The molecule has 0 bridgehead atoms. The summed E-state index contributed by atoms with van der Waals surface area (Å²) in [6.45, 7) is 1.44. The maximum absolute atomic E-state index is 4.30. The minimum atomic E-state index is 0. The summed E-state index contributed by atoms with van der Waals surface area (Å²) in [6, 6.07) is 11.6. The van der Waals surface area contributed by atoms with E-state index in [4.69, 9.17) is 0 Å². The standard InChI is InChI=1S/C21H32N6.HI/c1-22-21(24-16-20-13-14-25-27(20)3)23-15-17-9-11-19(12-10-17)26(2)18-7-5-4-6-8-18;/h9-14,18H,4-8,15-16H2,1-3H3,(H2,22,23,24);1H. The Hall–Kier alpha value is -1.77. The highest BCUT2D eigenvalue weighted by atomic mass is 127. The fourth-order valence-corrected chi connectivity index (χ4v) is 3.68. The number of guanidine groups is 1. The Balaban J connectivity index is 0.00000280. The average molecular weight is 496 g/mol. The van der Waals surface area contributed by atoms with Crippen LogP contribution in [0.4, 0.5) is 5.69 Å². The van der Waals surface area contributed by atoms with Gasteiger partial charge in [0, 0.05) is 45.6 Å². The molecule has 2 aromatic rings. The van der Waals surface area contributed by atoms with Crippen LogP contribution in [0.15, 0.2) is 41.5 Å². The maximum atomic E-state index is 4.30. The van der Waals surface area contributed by atoms with Gasteiger partial charge in [-0.2, -0.15) is 5.10 Å². The third-order valence-electron chi connectivity index (χ3n) is 5.51. The van der Waals surface area contributed by atoms with Crippen molar-refractivity contribution in [3.63, 3.8) is 0 Å². The van der Waals surface area contributed by atoms with Crippen molar-refractivity contribution in [2.45, 2.75) is 51.2 Å². The second-order valence-electron chi connectivity index (χ2n) is 7.29. The summed E-state index contributed by atoms with van der Waals surface area (Å²) >= 11 is 0. The number of nitrogens with zero attached hydrogens (tertiary/aromatic N) is 4. The van der Waals surface area contributed by atoms with E-state index in [9.17, 15) is 0 Å². The first-order valence-electron chi connectivity index (χ1n) is 9.90. The van der Waals surface area contributed by atoms with E-state index in [1.807, 2.05) is 17.8 Å². The SMILES string of the molecule is CN=C(NCc1ccc(N(C)C2CCCCC2)cc1)NCc1ccnn1C.I. The molecule has 28 heavy (non-hydrogen) atoms. The van der Waals surface area contributed by atoms with Crippen molar-refractivity contribution in [3.8, 4) is 0 Å². The summed E-state index contributed by atoms with van der Waals surface area (Å²) in [7, 11) is 5.97. The summed E-state index contributed by atoms with van der Waals surface area (Å²) < 4.78 is 1.86. The Morgan fingerprint density at radius 2 is 1.79 bits per heavy atom. The van der Waals surface area contributed by atoms with Crippen molar-refractivity contribution >= 4 is 35.6 Å². The highest BCUT2D eigenvalue weighted by molar-refractivity contribution is 14.0. The van der Waals surface area contributed by atoms with Crippen LogP contribution in [-0.2, 0) is 20.1 Å². The van der Waals surface area contributed by atoms with Gasteiger partial charge in [-0.15, -0.1) is 24.0 Å². The summed E-state index contributed by atoms with van der Waals surface area (Å²) in [5.74, 6) is 0.791. The summed E-state index contributed by atoms with van der Waals surface area (Å²) in [4.78, 5) is 6.74. The molecule has 0 saturated heterocycles. The Bertz CT molecular complexity index is 734. The van der Waals surface area contributed by atoms with E-state index in [2.05, 4.69) is 56.9 Å². The molecule has 2 N–H and O–H groups in total. The van der Waals surface area contributed by atoms with Crippen LogP contribution in [0.2, 0.25) is 0 Å². The van der Waals surface area contributed by atoms with E-state index < -0.39 is 0 Å². The molecule has 0 amide bonds. The molecule has 1 heterocycles. The van der Waals surface area contributed by atoms with Crippen LogP contribution in [0.25, 0.3) is 0 Å². The van der Waals surface area contributed by atoms with Gasteiger partial charge in [-0.05, 0) is 36.6 Å². The molecule has 0 unspecified atom stereocenters. The van der Waals surface area contributed by atoms with E-state index in [0.717, 1.165) is 18.2 Å². The largest absolute Gasteiger partial charge is 0.372 e. The van der Waals surface area contributed by atoms with Crippen molar-refractivity contribution in [1.29, 1.82) is 0 Å². The molecule has 0 aliphatic heterocycles. The van der Waals surface area contributed by atoms with Crippen LogP contribution in [0.3, 0.4) is 0 Å². The zero-order valence-corrected chi connectivity index (χ0v) is 19.5. The molecule has 0 spiro atoms. The van der Waals surface area contributed by atoms with Gasteiger partial charge in [0.2, 0.25) is 0 Å². The van der Waals surface area contributed by atoms with Gasteiger partial charge >= 0.3 is 0 Å². The second kappa shape index (κ2) is 11.3. The third-order valence-corrected chi connectivity index (χ3v) is 5.51. The van der Waals surface area contributed by atoms with Gasteiger partial charge in [0.05, 0.1) is 12.2 Å². The van der Waals surface area contributed by atoms with Gasteiger partial charge in [-0.1, -0.05) is 31.4 Å². The smallest absolute Gasteiger partial charge is 0.191 e. The van der Waals surface area contributed by atoms with E-state index >= 15 is 0 Å². The third kappa shape index (κ3) is 6.12. The number of hydrogen-bond acceptors (Lipinski definition) is 3. The number of hydrogen-bond donors (Lipinski definition) is 2. The lowest BCUT2D eigenvalue weighted by Crippen LogP contribution is -2.36. The highest BCUT2D eigenvalue weighted by Gasteiger charge is 2.18.